The first-order valence-electron chi connectivity index (χ1n) is 8.74. The number of ketones is 3. The molecular formula is C18H30N2O5. The standard InChI is InChI=1S/C18H30N2O5/c1-12(2)15(22)6-5-7-17(24)19-10-14(21)8-9-18(25)20-11-16(23)13(3)4/h12-13H,5-11H2,1-4H3,(H,19,24)(H,20,25). The van der Waals surface area contributed by atoms with Crippen LogP contribution in [0.2, 0.25) is 0 Å². The highest BCUT2D eigenvalue weighted by Gasteiger charge is 2.12. The van der Waals surface area contributed by atoms with Gasteiger partial charge in [0.1, 0.15) is 5.78 Å². The third-order valence-electron chi connectivity index (χ3n) is 3.69. The molecule has 0 fully saturated rings. The fraction of sp³-hybridized carbons (Fsp3) is 0.722. The molecule has 0 bridgehead atoms. The molecule has 0 heterocycles. The maximum atomic E-state index is 11.7. The van der Waals surface area contributed by atoms with Crippen molar-refractivity contribution in [1.82, 2.24) is 10.6 Å². The van der Waals surface area contributed by atoms with Gasteiger partial charge in [-0.15, -0.1) is 0 Å². The third-order valence-corrected chi connectivity index (χ3v) is 3.69. The number of amides is 2. The van der Waals surface area contributed by atoms with E-state index in [9.17, 15) is 24.0 Å². The largest absolute Gasteiger partial charge is 0.349 e. The topological polar surface area (TPSA) is 109 Å². The minimum absolute atomic E-state index is 0.00776. The van der Waals surface area contributed by atoms with Crippen LogP contribution >= 0.6 is 0 Å². The van der Waals surface area contributed by atoms with Gasteiger partial charge in [-0.2, -0.15) is 0 Å². The van der Waals surface area contributed by atoms with E-state index in [1.54, 1.807) is 13.8 Å². The van der Waals surface area contributed by atoms with Gasteiger partial charge in [0.25, 0.3) is 0 Å². The zero-order chi connectivity index (χ0) is 19.4. The highest BCUT2D eigenvalue weighted by Crippen LogP contribution is 2.04. The monoisotopic (exact) mass is 354 g/mol. The first-order chi connectivity index (χ1) is 11.6. The van der Waals surface area contributed by atoms with E-state index in [-0.39, 0.29) is 73.4 Å². The van der Waals surface area contributed by atoms with E-state index in [1.807, 2.05) is 13.8 Å². The van der Waals surface area contributed by atoms with E-state index >= 15 is 0 Å². The number of nitrogens with one attached hydrogen (secondary N) is 2. The summed E-state index contributed by atoms with van der Waals surface area (Å²) in [5, 5.41) is 4.96. The Labute approximate surface area is 149 Å². The van der Waals surface area contributed by atoms with Gasteiger partial charge in [0.05, 0.1) is 13.1 Å². The maximum absolute atomic E-state index is 11.7. The van der Waals surface area contributed by atoms with Crippen molar-refractivity contribution >= 4 is 29.2 Å². The molecule has 0 unspecified atom stereocenters. The third kappa shape index (κ3) is 12.0. The summed E-state index contributed by atoms with van der Waals surface area (Å²) in [4.78, 5) is 57.6. The van der Waals surface area contributed by atoms with Crippen LogP contribution in [0, 0.1) is 11.8 Å². The molecular weight excluding hydrogens is 324 g/mol. The summed E-state index contributed by atoms with van der Waals surface area (Å²) in [7, 11) is 0. The number of rotatable bonds is 13. The lowest BCUT2D eigenvalue weighted by atomic mass is 10.0. The van der Waals surface area contributed by atoms with E-state index in [1.165, 1.54) is 0 Å². The van der Waals surface area contributed by atoms with Gasteiger partial charge in [-0.25, -0.2) is 0 Å². The Bertz CT molecular complexity index is 498. The molecule has 0 aromatic rings. The molecule has 0 saturated carbocycles. The van der Waals surface area contributed by atoms with Crippen molar-refractivity contribution in [1.29, 1.82) is 0 Å². The number of carbonyl (C=O) groups excluding carboxylic acids is 5. The van der Waals surface area contributed by atoms with Crippen molar-refractivity contribution in [2.75, 3.05) is 13.1 Å². The molecule has 2 amide bonds. The zero-order valence-corrected chi connectivity index (χ0v) is 15.6. The van der Waals surface area contributed by atoms with Crippen LogP contribution in [0.3, 0.4) is 0 Å². The number of hydrogen-bond donors (Lipinski definition) is 2. The molecule has 0 aliphatic carbocycles. The van der Waals surface area contributed by atoms with Gasteiger partial charge in [0, 0.05) is 37.5 Å². The van der Waals surface area contributed by atoms with E-state index in [0.717, 1.165) is 0 Å². The fourth-order valence-corrected chi connectivity index (χ4v) is 1.82. The lowest BCUT2D eigenvalue weighted by Gasteiger charge is -2.07. The summed E-state index contributed by atoms with van der Waals surface area (Å²) in [5.74, 6) is -1.02. The van der Waals surface area contributed by atoms with Gasteiger partial charge in [-0.3, -0.25) is 24.0 Å². The molecule has 2 N–H and O–H groups in total. The SMILES string of the molecule is CC(C)C(=O)CCCC(=O)NCC(=O)CCC(=O)NCC(=O)C(C)C. The highest BCUT2D eigenvalue weighted by molar-refractivity contribution is 5.91. The predicted octanol–water partition coefficient (Wildman–Crippen LogP) is 1.19. The Kier molecular flexibility index (Phi) is 11.3. The summed E-state index contributed by atoms with van der Waals surface area (Å²) in [6.07, 6.45) is 1.01. The molecule has 0 radical (unpaired) electrons. The first kappa shape index (κ1) is 22.9. The molecule has 0 rings (SSSR count). The van der Waals surface area contributed by atoms with E-state index < -0.39 is 0 Å². The van der Waals surface area contributed by atoms with Crippen molar-refractivity contribution in [3.8, 4) is 0 Å². The van der Waals surface area contributed by atoms with Crippen LogP contribution in [0.4, 0.5) is 0 Å². The van der Waals surface area contributed by atoms with Gasteiger partial charge < -0.3 is 10.6 Å². The second-order valence-electron chi connectivity index (χ2n) is 6.69. The lowest BCUT2D eigenvalue weighted by molar-refractivity contribution is -0.128. The number of Topliss-reactive ketones (excluding diaryl/α,β-unsaturated/α-hetero) is 3. The summed E-state index contributed by atoms with van der Waals surface area (Å²) in [6, 6.07) is 0. The summed E-state index contributed by atoms with van der Waals surface area (Å²) >= 11 is 0. The van der Waals surface area contributed by atoms with E-state index in [4.69, 9.17) is 0 Å². The lowest BCUT2D eigenvalue weighted by Crippen LogP contribution is -2.33. The molecule has 0 aromatic carbocycles. The molecule has 25 heavy (non-hydrogen) atoms. The molecule has 0 atom stereocenters. The first-order valence-corrected chi connectivity index (χ1v) is 8.74. The second-order valence-corrected chi connectivity index (χ2v) is 6.69. The van der Waals surface area contributed by atoms with Crippen LogP contribution in [-0.4, -0.2) is 42.3 Å². The van der Waals surface area contributed by atoms with Crippen molar-refractivity contribution < 1.29 is 24.0 Å². The average Bonchev–Trinajstić information content (AvgIpc) is 2.55. The number of hydrogen-bond acceptors (Lipinski definition) is 5. The van der Waals surface area contributed by atoms with E-state index in [0.29, 0.717) is 12.8 Å². The normalized spacial score (nSPS) is 10.6. The Morgan fingerprint density at radius 1 is 0.640 bits per heavy atom. The molecule has 0 aliphatic rings. The molecule has 0 saturated heterocycles. The molecule has 142 valence electrons. The van der Waals surface area contributed by atoms with Crippen molar-refractivity contribution in [3.63, 3.8) is 0 Å². The highest BCUT2D eigenvalue weighted by atomic mass is 16.2. The Morgan fingerprint density at radius 3 is 1.72 bits per heavy atom. The molecule has 0 aliphatic heterocycles. The van der Waals surface area contributed by atoms with Crippen molar-refractivity contribution in [3.05, 3.63) is 0 Å². The van der Waals surface area contributed by atoms with Gasteiger partial charge in [-0.1, -0.05) is 27.7 Å². The van der Waals surface area contributed by atoms with E-state index in [2.05, 4.69) is 10.6 Å². The summed E-state index contributed by atoms with van der Waals surface area (Å²) in [6.45, 7) is 6.97. The maximum Gasteiger partial charge on any atom is 0.220 e. The Balaban J connectivity index is 3.82. The molecule has 7 heteroatoms. The van der Waals surface area contributed by atoms with Crippen LogP contribution in [-0.2, 0) is 24.0 Å². The molecule has 7 nitrogen and oxygen atoms in total. The summed E-state index contributed by atoms with van der Waals surface area (Å²) < 4.78 is 0. The minimum Gasteiger partial charge on any atom is -0.349 e. The number of carbonyl (C=O) groups is 5. The minimum atomic E-state index is -0.360. The van der Waals surface area contributed by atoms with Crippen LogP contribution in [0.1, 0.15) is 59.8 Å². The van der Waals surface area contributed by atoms with Gasteiger partial charge in [0.15, 0.2) is 11.6 Å². The van der Waals surface area contributed by atoms with Crippen LogP contribution < -0.4 is 10.6 Å². The van der Waals surface area contributed by atoms with Gasteiger partial charge in [0.2, 0.25) is 11.8 Å². The van der Waals surface area contributed by atoms with Gasteiger partial charge >= 0.3 is 0 Å². The van der Waals surface area contributed by atoms with Crippen molar-refractivity contribution in [2.45, 2.75) is 59.8 Å². The summed E-state index contributed by atoms with van der Waals surface area (Å²) in [5.41, 5.74) is 0. The quantitative estimate of drug-likeness (QED) is 0.516. The van der Waals surface area contributed by atoms with Crippen LogP contribution in [0.25, 0.3) is 0 Å². The fourth-order valence-electron chi connectivity index (χ4n) is 1.82. The Hall–Kier alpha value is -2.05. The smallest absolute Gasteiger partial charge is 0.220 e. The molecule has 0 spiro atoms. The van der Waals surface area contributed by atoms with Crippen molar-refractivity contribution in [2.24, 2.45) is 11.8 Å². The second kappa shape index (κ2) is 12.3. The average molecular weight is 354 g/mol. The van der Waals surface area contributed by atoms with Crippen LogP contribution in [0.15, 0.2) is 0 Å². The predicted molar refractivity (Wildman–Crippen MR) is 93.8 cm³/mol. The van der Waals surface area contributed by atoms with Crippen LogP contribution in [0.5, 0.6) is 0 Å². The van der Waals surface area contributed by atoms with Gasteiger partial charge in [-0.05, 0) is 6.42 Å². The zero-order valence-electron chi connectivity index (χ0n) is 15.6. The Morgan fingerprint density at radius 2 is 1.16 bits per heavy atom. The molecule has 0 aromatic heterocycles.